The van der Waals surface area contributed by atoms with Crippen LogP contribution in [0.4, 0.5) is 0 Å². The fraction of sp³-hybridized carbons (Fsp3) is 0.667. The Morgan fingerprint density at radius 2 is 1.79 bits per heavy atom. The van der Waals surface area contributed by atoms with Crippen LogP contribution < -0.4 is 5.32 Å². The Kier molecular flexibility index (Phi) is 6.09. The van der Waals surface area contributed by atoms with E-state index in [9.17, 15) is 9.59 Å². The number of nitrogens with one attached hydrogen (secondary N) is 1. The lowest BCUT2D eigenvalue weighted by molar-refractivity contribution is -0.135. The van der Waals surface area contributed by atoms with Gasteiger partial charge in [0.25, 0.3) is 0 Å². The number of rotatable bonds is 7. The standard InChI is InChI=1S/C24H37N3O2/c1-23(2,3)16-26(6)15-20(28)27-14-18-12-19(27)21(18)25-22(29)24(4,5)13-17-10-8-7-9-11-17/h7-11,18-19,21H,12-16H2,1-6H3,(H,25,29). The fourth-order valence-corrected chi connectivity index (χ4v) is 4.84. The SMILES string of the molecule is CN(CC(=O)N1CC2CC1C2NC(=O)C(C)(C)Cc1ccccc1)CC(C)(C)C. The summed E-state index contributed by atoms with van der Waals surface area (Å²) in [6.45, 7) is 12.7. The molecule has 2 amide bonds. The lowest BCUT2D eigenvalue weighted by atomic mass is 9.78. The van der Waals surface area contributed by atoms with Crippen molar-refractivity contribution in [3.63, 3.8) is 0 Å². The van der Waals surface area contributed by atoms with Gasteiger partial charge in [0.05, 0.1) is 18.6 Å². The summed E-state index contributed by atoms with van der Waals surface area (Å²) in [4.78, 5) is 29.9. The van der Waals surface area contributed by atoms with E-state index in [1.165, 1.54) is 5.56 Å². The molecule has 2 bridgehead atoms. The minimum atomic E-state index is -0.474. The van der Waals surface area contributed by atoms with Crippen LogP contribution >= 0.6 is 0 Å². The third-order valence-corrected chi connectivity index (χ3v) is 6.17. The summed E-state index contributed by atoms with van der Waals surface area (Å²) in [5.74, 6) is 0.665. The molecule has 2 saturated heterocycles. The molecule has 2 aliphatic heterocycles. The van der Waals surface area contributed by atoms with Crippen molar-refractivity contribution in [3.05, 3.63) is 35.9 Å². The molecular formula is C24H37N3O2. The second-order valence-corrected chi connectivity index (χ2v) is 10.9. The van der Waals surface area contributed by atoms with Gasteiger partial charge in [0.2, 0.25) is 11.8 Å². The van der Waals surface area contributed by atoms with E-state index in [-0.39, 0.29) is 29.3 Å². The van der Waals surface area contributed by atoms with Crippen LogP contribution in [0.5, 0.6) is 0 Å². The van der Waals surface area contributed by atoms with E-state index in [1.807, 2.05) is 44.0 Å². The van der Waals surface area contributed by atoms with Crippen LogP contribution in [0, 0.1) is 16.7 Å². The highest BCUT2D eigenvalue weighted by atomic mass is 16.2. The minimum absolute atomic E-state index is 0.0835. The molecule has 0 spiro atoms. The number of carbonyl (C=O) groups excluding carboxylic acids is 2. The summed E-state index contributed by atoms with van der Waals surface area (Å²) in [5.41, 5.74) is 0.865. The molecular weight excluding hydrogens is 362 g/mol. The van der Waals surface area contributed by atoms with Gasteiger partial charge in [-0.3, -0.25) is 14.5 Å². The first-order valence-corrected chi connectivity index (χ1v) is 10.8. The second-order valence-electron chi connectivity index (χ2n) is 10.9. The fourth-order valence-electron chi connectivity index (χ4n) is 4.84. The van der Waals surface area contributed by atoms with Gasteiger partial charge in [-0.05, 0) is 30.9 Å². The summed E-state index contributed by atoms with van der Waals surface area (Å²) in [6.07, 6.45) is 1.72. The average Bonchev–Trinajstić information content (AvgIpc) is 3.17. The maximum absolute atomic E-state index is 13.0. The maximum Gasteiger partial charge on any atom is 0.237 e. The Balaban J connectivity index is 1.53. The van der Waals surface area contributed by atoms with Crippen LogP contribution in [0.25, 0.3) is 0 Å². The first-order valence-electron chi connectivity index (χ1n) is 10.8. The molecule has 1 aromatic rings. The monoisotopic (exact) mass is 399 g/mol. The summed E-state index contributed by atoms with van der Waals surface area (Å²) in [6, 6.07) is 10.4. The Morgan fingerprint density at radius 3 is 2.41 bits per heavy atom. The molecule has 29 heavy (non-hydrogen) atoms. The first-order chi connectivity index (χ1) is 13.5. The van der Waals surface area contributed by atoms with Gasteiger partial charge in [-0.25, -0.2) is 0 Å². The third kappa shape index (κ3) is 5.19. The van der Waals surface area contributed by atoms with E-state index < -0.39 is 5.41 Å². The smallest absolute Gasteiger partial charge is 0.237 e. The lowest BCUT2D eigenvalue weighted by Gasteiger charge is -2.39. The van der Waals surface area contributed by atoms with Crippen molar-refractivity contribution in [3.8, 4) is 0 Å². The molecule has 4 rings (SSSR count). The van der Waals surface area contributed by atoms with Crippen LogP contribution in [0.2, 0.25) is 0 Å². The van der Waals surface area contributed by atoms with Gasteiger partial charge >= 0.3 is 0 Å². The van der Waals surface area contributed by atoms with Crippen LogP contribution in [0.3, 0.4) is 0 Å². The molecule has 3 fully saturated rings. The number of hydrogen-bond acceptors (Lipinski definition) is 3. The van der Waals surface area contributed by atoms with Crippen molar-refractivity contribution in [2.45, 2.75) is 59.5 Å². The Bertz CT molecular complexity index is 738. The molecule has 3 unspecified atom stereocenters. The minimum Gasteiger partial charge on any atom is -0.350 e. The number of benzene rings is 1. The van der Waals surface area contributed by atoms with Crippen molar-refractivity contribution >= 4 is 11.8 Å². The largest absolute Gasteiger partial charge is 0.350 e. The molecule has 3 aliphatic rings. The van der Waals surface area contributed by atoms with E-state index in [2.05, 4.69) is 43.1 Å². The average molecular weight is 400 g/mol. The van der Waals surface area contributed by atoms with E-state index in [1.54, 1.807) is 0 Å². The van der Waals surface area contributed by atoms with Crippen molar-refractivity contribution in [2.75, 3.05) is 26.7 Å². The first kappa shape index (κ1) is 21.8. The van der Waals surface area contributed by atoms with Crippen molar-refractivity contribution in [1.82, 2.24) is 15.1 Å². The van der Waals surface area contributed by atoms with Gasteiger partial charge in [-0.2, -0.15) is 0 Å². The van der Waals surface area contributed by atoms with Crippen molar-refractivity contribution < 1.29 is 9.59 Å². The van der Waals surface area contributed by atoms with Crippen molar-refractivity contribution in [2.24, 2.45) is 16.7 Å². The third-order valence-electron chi connectivity index (χ3n) is 6.17. The van der Waals surface area contributed by atoms with E-state index in [0.29, 0.717) is 18.9 Å². The number of nitrogens with zero attached hydrogens (tertiary/aromatic N) is 2. The van der Waals surface area contributed by atoms with E-state index in [0.717, 1.165) is 19.5 Å². The molecule has 1 N–H and O–H groups in total. The highest BCUT2D eigenvalue weighted by molar-refractivity contribution is 5.83. The van der Waals surface area contributed by atoms with Gasteiger partial charge in [0, 0.05) is 24.4 Å². The molecule has 1 aliphatic carbocycles. The molecule has 0 aromatic heterocycles. The molecule has 5 nitrogen and oxygen atoms in total. The Labute approximate surface area is 175 Å². The number of fused-ring (bicyclic) bond motifs is 1. The van der Waals surface area contributed by atoms with Crippen molar-refractivity contribution in [1.29, 1.82) is 0 Å². The Hall–Kier alpha value is -1.88. The van der Waals surface area contributed by atoms with Crippen LogP contribution in [0.15, 0.2) is 30.3 Å². The number of likely N-dealkylation sites (N-methyl/N-ethyl adjacent to an activating group) is 1. The number of amides is 2. The second kappa shape index (κ2) is 8.10. The number of hydrogen-bond donors (Lipinski definition) is 1. The quantitative estimate of drug-likeness (QED) is 0.767. The van der Waals surface area contributed by atoms with Gasteiger partial charge in [-0.15, -0.1) is 0 Å². The van der Waals surface area contributed by atoms with E-state index in [4.69, 9.17) is 0 Å². The summed E-state index contributed by atoms with van der Waals surface area (Å²) in [7, 11) is 2.01. The van der Waals surface area contributed by atoms with Crippen LogP contribution in [0.1, 0.15) is 46.6 Å². The van der Waals surface area contributed by atoms with E-state index >= 15 is 0 Å². The zero-order chi connectivity index (χ0) is 21.4. The summed E-state index contributed by atoms with van der Waals surface area (Å²) < 4.78 is 0. The predicted octanol–water partition coefficient (Wildman–Crippen LogP) is 2.95. The van der Waals surface area contributed by atoms with Gasteiger partial charge < -0.3 is 10.2 Å². The van der Waals surface area contributed by atoms with Crippen LogP contribution in [-0.2, 0) is 16.0 Å². The van der Waals surface area contributed by atoms with Gasteiger partial charge in [-0.1, -0.05) is 65.0 Å². The maximum atomic E-state index is 13.0. The molecule has 3 atom stereocenters. The molecule has 5 heteroatoms. The van der Waals surface area contributed by atoms with Crippen LogP contribution in [-0.4, -0.2) is 60.4 Å². The molecule has 1 saturated carbocycles. The number of carbonyl (C=O) groups is 2. The highest BCUT2D eigenvalue weighted by Crippen LogP contribution is 2.41. The normalized spacial score (nSPS) is 23.8. The predicted molar refractivity (Wildman–Crippen MR) is 116 cm³/mol. The topological polar surface area (TPSA) is 52.7 Å². The Morgan fingerprint density at radius 1 is 1.14 bits per heavy atom. The summed E-state index contributed by atoms with van der Waals surface area (Å²) in [5, 5.41) is 3.27. The van der Waals surface area contributed by atoms with Gasteiger partial charge in [0.1, 0.15) is 0 Å². The molecule has 160 valence electrons. The zero-order valence-corrected chi connectivity index (χ0v) is 18.9. The summed E-state index contributed by atoms with van der Waals surface area (Å²) >= 11 is 0. The zero-order valence-electron chi connectivity index (χ0n) is 18.9. The van der Waals surface area contributed by atoms with Gasteiger partial charge in [0.15, 0.2) is 0 Å². The highest BCUT2D eigenvalue weighted by Gasteiger charge is 2.54. The molecule has 0 radical (unpaired) electrons. The molecule has 1 aromatic carbocycles. The lowest BCUT2D eigenvalue weighted by Crippen LogP contribution is -2.58. The molecule has 2 heterocycles.